The van der Waals surface area contributed by atoms with Gasteiger partial charge in [-0.15, -0.1) is 24.8 Å². The van der Waals surface area contributed by atoms with Gasteiger partial charge in [0.05, 0.1) is 17.1 Å². The molecule has 19 heavy (non-hydrogen) atoms. The summed E-state index contributed by atoms with van der Waals surface area (Å²) in [5, 5.41) is 0. The molecular weight excluding hydrogens is 299 g/mol. The molecule has 10 heteroatoms. The average Bonchev–Trinajstić information content (AvgIpc) is 2.25. The fourth-order valence-electron chi connectivity index (χ4n) is 1.23. The molecule has 0 bridgehead atoms. The van der Waals surface area contributed by atoms with Crippen molar-refractivity contribution in [3.8, 4) is 5.75 Å². The predicted molar refractivity (Wildman–Crippen MR) is 54.0 cm³/mol. The minimum Gasteiger partial charge on any atom is -0.404 e. The maximum absolute atomic E-state index is 12.6. The second kappa shape index (κ2) is 5.55. The minimum absolute atomic E-state index is 0.348. The van der Waals surface area contributed by atoms with Crippen LogP contribution in [-0.2, 0) is 5.88 Å². The van der Waals surface area contributed by atoms with Gasteiger partial charge in [-0.3, -0.25) is 4.79 Å². The Bertz CT molecular complexity index is 492. The van der Waals surface area contributed by atoms with Crippen molar-refractivity contribution in [2.75, 3.05) is 0 Å². The van der Waals surface area contributed by atoms with Crippen LogP contribution in [0.3, 0.4) is 0 Å². The lowest BCUT2D eigenvalue weighted by atomic mass is 10.1. The van der Waals surface area contributed by atoms with Crippen LogP contribution in [0.5, 0.6) is 5.75 Å². The second-order valence-electron chi connectivity index (χ2n) is 3.21. The molecule has 0 aliphatic rings. The zero-order chi connectivity index (χ0) is 14.8. The lowest BCUT2D eigenvalue weighted by molar-refractivity contribution is -0.275. The Morgan fingerprint density at radius 3 is 2.42 bits per heavy atom. The molecule has 1 rings (SSSR count). The molecule has 0 aliphatic heterocycles. The van der Waals surface area contributed by atoms with E-state index in [1.165, 1.54) is 0 Å². The Kier molecular flexibility index (Phi) is 4.51. The van der Waals surface area contributed by atoms with E-state index in [1.54, 1.807) is 0 Å². The van der Waals surface area contributed by atoms with Crippen molar-refractivity contribution in [3.63, 3.8) is 0 Å². The summed E-state index contributed by atoms with van der Waals surface area (Å²) >= 11 is 5.36. The van der Waals surface area contributed by atoms with Crippen molar-refractivity contribution < 1.29 is 31.5 Å². The summed E-state index contributed by atoms with van der Waals surface area (Å²) in [5.41, 5.74) is 2.76. The number of pyridine rings is 1. The van der Waals surface area contributed by atoms with Crippen molar-refractivity contribution in [2.24, 2.45) is 5.73 Å². The van der Waals surface area contributed by atoms with Crippen LogP contribution in [0.15, 0.2) is 6.07 Å². The van der Waals surface area contributed by atoms with Gasteiger partial charge in [0.1, 0.15) is 5.69 Å². The molecule has 4 nitrogen and oxygen atoms in total. The molecule has 0 fully saturated rings. The summed E-state index contributed by atoms with van der Waals surface area (Å²) in [6, 6.07) is 0.446. The van der Waals surface area contributed by atoms with E-state index in [-0.39, 0.29) is 5.69 Å². The summed E-state index contributed by atoms with van der Waals surface area (Å²) in [6.45, 7) is 0. The number of ether oxygens (including phenoxy) is 1. The number of aromatic nitrogens is 1. The number of amides is 1. The van der Waals surface area contributed by atoms with E-state index in [1.807, 2.05) is 0 Å². The van der Waals surface area contributed by atoms with Crippen LogP contribution >= 0.6 is 11.6 Å². The second-order valence-corrected chi connectivity index (χ2v) is 3.48. The van der Waals surface area contributed by atoms with Crippen molar-refractivity contribution in [1.29, 1.82) is 0 Å². The number of nitrogens with zero attached hydrogens (tertiary/aromatic N) is 1. The van der Waals surface area contributed by atoms with Gasteiger partial charge in [0.15, 0.2) is 5.75 Å². The van der Waals surface area contributed by atoms with E-state index in [0.717, 1.165) is 0 Å². The third kappa shape index (κ3) is 3.91. The first-order chi connectivity index (χ1) is 8.65. The molecule has 0 unspecified atom stereocenters. The molecule has 0 saturated heterocycles. The Morgan fingerprint density at radius 1 is 1.47 bits per heavy atom. The van der Waals surface area contributed by atoms with E-state index < -0.39 is 41.6 Å². The fourth-order valence-corrected chi connectivity index (χ4v) is 1.43. The first-order valence-corrected chi connectivity index (χ1v) is 5.12. The minimum atomic E-state index is -5.21. The molecule has 0 spiro atoms. The van der Waals surface area contributed by atoms with Crippen LogP contribution < -0.4 is 10.5 Å². The number of hydrogen-bond acceptors (Lipinski definition) is 3. The molecule has 2 N–H and O–H groups in total. The number of halogens is 6. The lowest BCUT2D eigenvalue weighted by Crippen LogP contribution is -2.21. The van der Waals surface area contributed by atoms with E-state index in [0.29, 0.717) is 6.07 Å². The number of carbonyl (C=O) groups excluding carboxylic acids is 1. The topological polar surface area (TPSA) is 65.2 Å². The molecule has 1 aromatic heterocycles. The highest BCUT2D eigenvalue weighted by Gasteiger charge is 2.34. The van der Waals surface area contributed by atoms with E-state index in [4.69, 9.17) is 17.3 Å². The first-order valence-electron chi connectivity index (χ1n) is 4.59. The predicted octanol–water partition coefficient (Wildman–Crippen LogP) is 2.76. The largest absolute Gasteiger partial charge is 0.573 e. The SMILES string of the molecule is NC(=O)c1cc(OC(F)(F)F)c(C(F)F)nc1CCl. The Balaban J connectivity index is 3.41. The quantitative estimate of drug-likeness (QED) is 0.687. The monoisotopic (exact) mass is 304 g/mol. The highest BCUT2D eigenvalue weighted by molar-refractivity contribution is 6.17. The van der Waals surface area contributed by atoms with Crippen molar-refractivity contribution in [3.05, 3.63) is 23.0 Å². The molecule has 1 heterocycles. The Morgan fingerprint density at radius 2 is 2.05 bits per heavy atom. The van der Waals surface area contributed by atoms with Gasteiger partial charge in [0.2, 0.25) is 0 Å². The van der Waals surface area contributed by atoms with Crippen molar-refractivity contribution >= 4 is 17.5 Å². The molecule has 0 aromatic carbocycles. The first kappa shape index (κ1) is 15.4. The third-order valence-corrected chi connectivity index (χ3v) is 2.17. The number of primary amides is 1. The molecule has 0 radical (unpaired) electrons. The summed E-state index contributed by atoms with van der Waals surface area (Å²) < 4.78 is 64.7. The zero-order valence-corrected chi connectivity index (χ0v) is 9.73. The maximum atomic E-state index is 12.6. The fraction of sp³-hybridized carbons (Fsp3) is 0.333. The Labute approximate surface area is 108 Å². The lowest BCUT2D eigenvalue weighted by Gasteiger charge is -2.14. The number of nitrogens with two attached hydrogens (primary N) is 1. The van der Waals surface area contributed by atoms with E-state index >= 15 is 0 Å². The van der Waals surface area contributed by atoms with E-state index in [9.17, 15) is 26.7 Å². The summed E-state index contributed by atoms with van der Waals surface area (Å²) in [6.07, 6.45) is -8.54. The standard InChI is InChI=1S/C9H6ClF5N2O2/c10-2-4-3(8(16)18)1-5(19-9(13,14)15)6(17-4)7(11)12/h1,7H,2H2,(H2,16,18). The number of hydrogen-bond donors (Lipinski definition) is 1. The maximum Gasteiger partial charge on any atom is 0.573 e. The normalized spacial score (nSPS) is 11.7. The van der Waals surface area contributed by atoms with Crippen LogP contribution in [-0.4, -0.2) is 17.3 Å². The molecule has 0 atom stereocenters. The van der Waals surface area contributed by atoms with Crippen LogP contribution in [0.25, 0.3) is 0 Å². The molecule has 0 aliphatic carbocycles. The molecule has 1 aromatic rings. The van der Waals surface area contributed by atoms with Gasteiger partial charge >= 0.3 is 6.36 Å². The van der Waals surface area contributed by atoms with Gasteiger partial charge in [-0.05, 0) is 6.07 Å². The highest BCUT2D eigenvalue weighted by atomic mass is 35.5. The molecule has 1 amide bonds. The van der Waals surface area contributed by atoms with Gasteiger partial charge < -0.3 is 10.5 Å². The number of carbonyl (C=O) groups is 1. The van der Waals surface area contributed by atoms with E-state index in [2.05, 4.69) is 9.72 Å². The van der Waals surface area contributed by atoms with Crippen LogP contribution in [0.1, 0.15) is 28.2 Å². The van der Waals surface area contributed by atoms with Crippen LogP contribution in [0.4, 0.5) is 22.0 Å². The van der Waals surface area contributed by atoms with Gasteiger partial charge in [-0.2, -0.15) is 0 Å². The highest BCUT2D eigenvalue weighted by Crippen LogP contribution is 2.33. The Hall–Kier alpha value is -1.64. The van der Waals surface area contributed by atoms with Crippen LogP contribution in [0.2, 0.25) is 0 Å². The third-order valence-electron chi connectivity index (χ3n) is 1.92. The van der Waals surface area contributed by atoms with Gasteiger partial charge in [0.25, 0.3) is 12.3 Å². The zero-order valence-electron chi connectivity index (χ0n) is 8.97. The van der Waals surface area contributed by atoms with Gasteiger partial charge in [-0.1, -0.05) is 0 Å². The summed E-state index contributed by atoms with van der Waals surface area (Å²) in [5.74, 6) is -2.91. The number of rotatable bonds is 4. The average molecular weight is 305 g/mol. The summed E-state index contributed by atoms with van der Waals surface area (Å²) in [7, 11) is 0. The number of alkyl halides is 6. The smallest absolute Gasteiger partial charge is 0.404 e. The van der Waals surface area contributed by atoms with Gasteiger partial charge in [-0.25, -0.2) is 13.8 Å². The molecule has 0 saturated carbocycles. The van der Waals surface area contributed by atoms with Gasteiger partial charge in [0, 0.05) is 0 Å². The van der Waals surface area contributed by atoms with Crippen molar-refractivity contribution in [1.82, 2.24) is 4.98 Å². The molecular formula is C9H6ClF5N2O2. The molecule has 106 valence electrons. The summed E-state index contributed by atoms with van der Waals surface area (Å²) in [4.78, 5) is 14.2. The van der Waals surface area contributed by atoms with Crippen molar-refractivity contribution in [2.45, 2.75) is 18.7 Å². The van der Waals surface area contributed by atoms with Crippen LogP contribution in [0, 0.1) is 0 Å².